The Balaban J connectivity index is 1.74. The molecule has 6 nitrogen and oxygen atoms in total. The second kappa shape index (κ2) is 7.87. The summed E-state index contributed by atoms with van der Waals surface area (Å²) in [5.41, 5.74) is 8.11. The second-order valence-electron chi connectivity index (χ2n) is 7.17. The number of anilines is 2. The lowest BCUT2D eigenvalue weighted by molar-refractivity contribution is -0.115. The molecule has 0 bridgehead atoms. The van der Waals surface area contributed by atoms with Crippen LogP contribution >= 0.6 is 0 Å². The van der Waals surface area contributed by atoms with E-state index in [2.05, 4.69) is 10.6 Å². The Morgan fingerprint density at radius 2 is 2.12 bits per heavy atom. The first-order chi connectivity index (χ1) is 12.1. The number of fused-ring (bicyclic) bond motifs is 1. The third-order valence-corrected chi connectivity index (χ3v) is 5.41. The van der Waals surface area contributed by atoms with Gasteiger partial charge in [0.2, 0.25) is 5.91 Å². The van der Waals surface area contributed by atoms with Crippen molar-refractivity contribution >= 4 is 23.2 Å². The minimum absolute atomic E-state index is 0.0175. The quantitative estimate of drug-likeness (QED) is 0.780. The molecular formula is C19H28N4O2. The Labute approximate surface area is 149 Å². The summed E-state index contributed by atoms with van der Waals surface area (Å²) in [7, 11) is 1.95. The first-order valence-electron chi connectivity index (χ1n) is 9.24. The van der Waals surface area contributed by atoms with Crippen LogP contribution in [0.3, 0.4) is 0 Å². The number of hydrogen-bond donors (Lipinski definition) is 3. The summed E-state index contributed by atoms with van der Waals surface area (Å²) in [4.78, 5) is 26.6. The summed E-state index contributed by atoms with van der Waals surface area (Å²) < 4.78 is 0. The molecule has 0 spiro atoms. The second-order valence-corrected chi connectivity index (χ2v) is 7.17. The maximum atomic E-state index is 12.7. The average Bonchev–Trinajstić information content (AvgIpc) is 2.78. The monoisotopic (exact) mass is 344 g/mol. The molecule has 0 radical (unpaired) electrons. The standard InChI is InChI=1S/C19H28N4O2/c1-23-10-9-18(24)21-15-11-14(7-8-17(15)23)19(25)22-16(12-20)13-5-3-2-4-6-13/h7-8,11,13,16H,2-6,9-10,12,20H2,1H3,(H,21,24)(H,22,25). The van der Waals surface area contributed by atoms with E-state index in [-0.39, 0.29) is 17.9 Å². The highest BCUT2D eigenvalue weighted by molar-refractivity contribution is 6.01. The van der Waals surface area contributed by atoms with E-state index < -0.39 is 0 Å². The molecule has 1 unspecified atom stereocenters. The number of rotatable bonds is 4. The fourth-order valence-corrected chi connectivity index (χ4v) is 3.87. The van der Waals surface area contributed by atoms with Crippen molar-refractivity contribution in [3.8, 4) is 0 Å². The largest absolute Gasteiger partial charge is 0.372 e. The number of hydrogen-bond acceptors (Lipinski definition) is 4. The predicted octanol–water partition coefficient (Wildman–Crippen LogP) is 2.10. The van der Waals surface area contributed by atoms with E-state index in [4.69, 9.17) is 5.73 Å². The van der Waals surface area contributed by atoms with Crippen molar-refractivity contribution < 1.29 is 9.59 Å². The molecule has 6 heteroatoms. The Kier molecular flexibility index (Phi) is 5.58. The average molecular weight is 344 g/mol. The Morgan fingerprint density at radius 1 is 1.36 bits per heavy atom. The molecule has 0 aromatic heterocycles. The summed E-state index contributed by atoms with van der Waals surface area (Å²) in [5.74, 6) is 0.324. The molecule has 0 saturated heterocycles. The molecule has 1 atom stereocenters. The SMILES string of the molecule is CN1CCC(=O)Nc2cc(C(=O)NC(CN)C3CCCCC3)ccc21. The molecule has 1 saturated carbocycles. The molecule has 1 heterocycles. The zero-order chi connectivity index (χ0) is 17.8. The molecule has 136 valence electrons. The van der Waals surface area contributed by atoms with Crippen LogP contribution in [-0.4, -0.2) is 38.0 Å². The highest BCUT2D eigenvalue weighted by Crippen LogP contribution is 2.29. The van der Waals surface area contributed by atoms with Gasteiger partial charge >= 0.3 is 0 Å². The number of carbonyl (C=O) groups is 2. The Bertz CT molecular complexity index is 640. The lowest BCUT2D eigenvalue weighted by Gasteiger charge is -2.30. The first-order valence-corrected chi connectivity index (χ1v) is 9.24. The molecule has 1 aromatic carbocycles. The van der Waals surface area contributed by atoms with Crippen LogP contribution in [0.4, 0.5) is 11.4 Å². The topological polar surface area (TPSA) is 87.5 Å². The summed E-state index contributed by atoms with van der Waals surface area (Å²) in [6.07, 6.45) is 6.42. The van der Waals surface area contributed by atoms with Crippen LogP contribution in [0.25, 0.3) is 0 Å². The van der Waals surface area contributed by atoms with Gasteiger partial charge in [-0.2, -0.15) is 0 Å². The predicted molar refractivity (Wildman–Crippen MR) is 99.8 cm³/mol. The van der Waals surface area contributed by atoms with Crippen LogP contribution in [0.2, 0.25) is 0 Å². The highest BCUT2D eigenvalue weighted by Gasteiger charge is 2.25. The van der Waals surface area contributed by atoms with Crippen LogP contribution in [0, 0.1) is 5.92 Å². The van der Waals surface area contributed by atoms with Gasteiger partial charge in [0.1, 0.15) is 0 Å². The molecule has 25 heavy (non-hydrogen) atoms. The minimum Gasteiger partial charge on any atom is -0.372 e. The van der Waals surface area contributed by atoms with Crippen molar-refractivity contribution in [3.63, 3.8) is 0 Å². The summed E-state index contributed by atoms with van der Waals surface area (Å²) in [5, 5.41) is 6.00. The Hall–Kier alpha value is -2.08. The van der Waals surface area contributed by atoms with E-state index >= 15 is 0 Å². The Morgan fingerprint density at radius 3 is 2.84 bits per heavy atom. The van der Waals surface area contributed by atoms with E-state index in [1.165, 1.54) is 19.3 Å². The highest BCUT2D eigenvalue weighted by atomic mass is 16.2. The van der Waals surface area contributed by atoms with Gasteiger partial charge in [-0.3, -0.25) is 9.59 Å². The summed E-state index contributed by atoms with van der Waals surface area (Å²) >= 11 is 0. The van der Waals surface area contributed by atoms with Crippen molar-refractivity contribution in [2.75, 3.05) is 30.4 Å². The molecule has 2 amide bonds. The number of amides is 2. The van der Waals surface area contributed by atoms with E-state index in [0.717, 1.165) is 18.5 Å². The van der Waals surface area contributed by atoms with E-state index in [0.29, 0.717) is 36.7 Å². The van der Waals surface area contributed by atoms with Crippen molar-refractivity contribution in [1.29, 1.82) is 0 Å². The maximum absolute atomic E-state index is 12.7. The van der Waals surface area contributed by atoms with Crippen molar-refractivity contribution in [2.45, 2.75) is 44.6 Å². The van der Waals surface area contributed by atoms with Crippen LogP contribution in [0.15, 0.2) is 18.2 Å². The zero-order valence-corrected chi connectivity index (χ0v) is 14.9. The number of nitrogens with zero attached hydrogens (tertiary/aromatic N) is 1. The fourth-order valence-electron chi connectivity index (χ4n) is 3.87. The molecule has 1 aromatic rings. The maximum Gasteiger partial charge on any atom is 0.251 e. The van der Waals surface area contributed by atoms with E-state index in [1.807, 2.05) is 24.1 Å². The molecule has 1 aliphatic heterocycles. The lowest BCUT2D eigenvalue weighted by Crippen LogP contribution is -2.45. The van der Waals surface area contributed by atoms with Gasteiger partial charge in [0.05, 0.1) is 11.4 Å². The van der Waals surface area contributed by atoms with Crippen LogP contribution < -0.4 is 21.3 Å². The van der Waals surface area contributed by atoms with Gasteiger partial charge in [0.15, 0.2) is 0 Å². The smallest absolute Gasteiger partial charge is 0.251 e. The first kappa shape index (κ1) is 17.7. The van der Waals surface area contributed by atoms with Crippen molar-refractivity contribution in [1.82, 2.24) is 5.32 Å². The molecule has 4 N–H and O–H groups in total. The van der Waals surface area contributed by atoms with Gasteiger partial charge in [0.25, 0.3) is 5.91 Å². The molecule has 3 rings (SSSR count). The third-order valence-electron chi connectivity index (χ3n) is 5.41. The van der Waals surface area contributed by atoms with Crippen LogP contribution in [0.1, 0.15) is 48.9 Å². The van der Waals surface area contributed by atoms with E-state index in [9.17, 15) is 9.59 Å². The number of nitrogens with two attached hydrogens (primary N) is 1. The summed E-state index contributed by atoms with van der Waals surface area (Å²) in [6.45, 7) is 1.13. The van der Waals surface area contributed by atoms with Gasteiger partial charge in [0, 0.05) is 38.2 Å². The molecular weight excluding hydrogens is 316 g/mol. The zero-order valence-electron chi connectivity index (χ0n) is 14.9. The van der Waals surface area contributed by atoms with Crippen LogP contribution in [0.5, 0.6) is 0 Å². The van der Waals surface area contributed by atoms with Gasteiger partial charge in [-0.25, -0.2) is 0 Å². The molecule has 1 fully saturated rings. The van der Waals surface area contributed by atoms with Gasteiger partial charge in [-0.1, -0.05) is 19.3 Å². The summed E-state index contributed by atoms with van der Waals surface area (Å²) in [6, 6.07) is 5.49. The van der Waals surface area contributed by atoms with Crippen LogP contribution in [-0.2, 0) is 4.79 Å². The number of nitrogens with one attached hydrogen (secondary N) is 2. The van der Waals surface area contributed by atoms with Crippen molar-refractivity contribution in [2.24, 2.45) is 11.7 Å². The minimum atomic E-state index is -0.120. The molecule has 2 aliphatic rings. The van der Waals surface area contributed by atoms with Gasteiger partial charge in [-0.05, 0) is 37.0 Å². The van der Waals surface area contributed by atoms with E-state index in [1.54, 1.807) is 6.07 Å². The normalized spacial score (nSPS) is 19.6. The lowest BCUT2D eigenvalue weighted by atomic mass is 9.84. The third kappa shape index (κ3) is 4.12. The van der Waals surface area contributed by atoms with Crippen molar-refractivity contribution in [3.05, 3.63) is 23.8 Å². The fraction of sp³-hybridized carbons (Fsp3) is 0.579. The number of carbonyl (C=O) groups excluding carboxylic acids is 2. The molecule has 1 aliphatic carbocycles. The number of benzene rings is 1. The van der Waals surface area contributed by atoms with Gasteiger partial charge < -0.3 is 21.3 Å². The van der Waals surface area contributed by atoms with Gasteiger partial charge in [-0.15, -0.1) is 0 Å².